The van der Waals surface area contributed by atoms with Gasteiger partial charge in [-0.1, -0.05) is 0 Å². The summed E-state index contributed by atoms with van der Waals surface area (Å²) < 4.78 is 26.2. The number of sulfonamides is 1. The molecule has 0 saturated heterocycles. The smallest absolute Gasteiger partial charge is 0.263 e. The average molecular weight is 263 g/mol. The van der Waals surface area contributed by atoms with Crippen molar-refractivity contribution >= 4 is 21.5 Å². The molecule has 0 atom stereocenters. The second kappa shape index (κ2) is 4.38. The first-order chi connectivity index (χ1) is 8.53. The van der Waals surface area contributed by atoms with Gasteiger partial charge in [0, 0.05) is 0 Å². The highest BCUT2D eigenvalue weighted by atomic mass is 32.2. The maximum absolute atomic E-state index is 12.0. The van der Waals surface area contributed by atoms with E-state index in [-0.39, 0.29) is 16.4 Å². The third-order valence-electron chi connectivity index (χ3n) is 2.20. The van der Waals surface area contributed by atoms with Crippen LogP contribution in [0.2, 0.25) is 0 Å². The molecule has 92 valence electrons. The summed E-state index contributed by atoms with van der Waals surface area (Å²) in [7, 11) is -3.74. The van der Waals surface area contributed by atoms with E-state index in [4.69, 9.17) is 11.0 Å². The van der Waals surface area contributed by atoms with Gasteiger partial charge in [0.15, 0.2) is 5.82 Å². The fourth-order valence-electron chi connectivity index (χ4n) is 1.28. The largest absolute Gasteiger partial charge is 0.394 e. The Bertz CT molecular complexity index is 697. The van der Waals surface area contributed by atoms with Crippen LogP contribution in [0.1, 0.15) is 5.56 Å². The van der Waals surface area contributed by atoms with Crippen LogP contribution in [0.5, 0.6) is 0 Å². The van der Waals surface area contributed by atoms with Gasteiger partial charge in [-0.25, -0.2) is 8.42 Å². The molecule has 1 aromatic carbocycles. The van der Waals surface area contributed by atoms with Gasteiger partial charge in [-0.2, -0.15) is 10.4 Å². The Hall–Kier alpha value is -2.53. The molecule has 0 aliphatic heterocycles. The van der Waals surface area contributed by atoms with Gasteiger partial charge >= 0.3 is 0 Å². The van der Waals surface area contributed by atoms with E-state index >= 15 is 0 Å². The molecule has 8 heteroatoms. The SMILES string of the molecule is N#Cc1ccc(S(=O)(=O)Nc2[nH]ncc2N)cc1. The van der Waals surface area contributed by atoms with Gasteiger partial charge < -0.3 is 5.73 Å². The number of hydrogen-bond acceptors (Lipinski definition) is 5. The molecule has 18 heavy (non-hydrogen) atoms. The molecule has 0 fully saturated rings. The minimum absolute atomic E-state index is 0.0375. The Morgan fingerprint density at radius 3 is 2.50 bits per heavy atom. The molecule has 0 amide bonds. The zero-order valence-electron chi connectivity index (χ0n) is 9.08. The molecule has 7 nitrogen and oxygen atoms in total. The van der Waals surface area contributed by atoms with E-state index in [1.54, 1.807) is 0 Å². The molecule has 0 spiro atoms. The number of nitrogens with two attached hydrogens (primary N) is 1. The Kier molecular flexibility index (Phi) is 2.91. The molecular weight excluding hydrogens is 254 g/mol. The first-order valence-electron chi connectivity index (χ1n) is 4.85. The number of anilines is 2. The average Bonchev–Trinajstić information content (AvgIpc) is 2.74. The number of aromatic nitrogens is 2. The van der Waals surface area contributed by atoms with Crippen LogP contribution < -0.4 is 10.5 Å². The van der Waals surface area contributed by atoms with Crippen molar-refractivity contribution in [3.05, 3.63) is 36.0 Å². The zero-order valence-corrected chi connectivity index (χ0v) is 9.90. The predicted octanol–water partition coefficient (Wildman–Crippen LogP) is 0.664. The molecule has 1 heterocycles. The van der Waals surface area contributed by atoms with E-state index in [2.05, 4.69) is 14.9 Å². The van der Waals surface area contributed by atoms with Gasteiger partial charge in [0.1, 0.15) is 0 Å². The molecule has 0 unspecified atom stereocenters. The molecule has 2 aromatic rings. The molecule has 0 bridgehead atoms. The normalized spacial score (nSPS) is 10.8. The summed E-state index contributed by atoms with van der Waals surface area (Å²) in [5.41, 5.74) is 6.09. The second-order valence-electron chi connectivity index (χ2n) is 3.44. The van der Waals surface area contributed by atoms with Crippen molar-refractivity contribution in [1.29, 1.82) is 5.26 Å². The van der Waals surface area contributed by atoms with Crippen LogP contribution in [0.3, 0.4) is 0 Å². The van der Waals surface area contributed by atoms with E-state index in [1.165, 1.54) is 30.5 Å². The molecule has 1 aromatic heterocycles. The minimum atomic E-state index is -3.74. The summed E-state index contributed by atoms with van der Waals surface area (Å²) in [5, 5.41) is 14.7. The molecule has 4 N–H and O–H groups in total. The monoisotopic (exact) mass is 263 g/mol. The van der Waals surface area contributed by atoms with Crippen LogP contribution in [0.25, 0.3) is 0 Å². The van der Waals surface area contributed by atoms with E-state index in [0.29, 0.717) is 5.56 Å². The Balaban J connectivity index is 2.31. The van der Waals surface area contributed by atoms with E-state index in [1.807, 2.05) is 6.07 Å². The topological polar surface area (TPSA) is 125 Å². The number of benzene rings is 1. The number of aromatic amines is 1. The summed E-state index contributed by atoms with van der Waals surface area (Å²) in [6.45, 7) is 0. The maximum Gasteiger partial charge on any atom is 0.263 e. The number of nitriles is 1. The van der Waals surface area contributed by atoms with Crippen molar-refractivity contribution in [3.63, 3.8) is 0 Å². The highest BCUT2D eigenvalue weighted by Gasteiger charge is 2.16. The lowest BCUT2D eigenvalue weighted by molar-refractivity contribution is 0.601. The predicted molar refractivity (Wildman–Crippen MR) is 65.0 cm³/mol. The van der Waals surface area contributed by atoms with Crippen molar-refractivity contribution in [2.45, 2.75) is 4.90 Å². The van der Waals surface area contributed by atoms with Gasteiger partial charge in [0.25, 0.3) is 10.0 Å². The Labute approximate surface area is 103 Å². The van der Waals surface area contributed by atoms with E-state index in [0.717, 1.165) is 0 Å². The Morgan fingerprint density at radius 1 is 1.33 bits per heavy atom. The molecule has 0 saturated carbocycles. The molecule has 2 rings (SSSR count). The molecular formula is C10H9N5O2S. The number of nitrogen functional groups attached to an aromatic ring is 1. The lowest BCUT2D eigenvalue weighted by atomic mass is 10.2. The summed E-state index contributed by atoms with van der Waals surface area (Å²) in [6.07, 6.45) is 1.30. The standard InChI is InChI=1S/C10H9N5O2S/c11-5-7-1-3-8(4-2-7)18(16,17)15-10-9(12)6-13-14-10/h1-4,6H,12H2,(H2,13,14,15). The minimum Gasteiger partial charge on any atom is -0.394 e. The van der Waals surface area contributed by atoms with E-state index < -0.39 is 10.0 Å². The van der Waals surface area contributed by atoms with Crippen LogP contribution in [-0.4, -0.2) is 18.6 Å². The van der Waals surface area contributed by atoms with Gasteiger partial charge in [-0.3, -0.25) is 9.82 Å². The lowest BCUT2D eigenvalue weighted by Crippen LogP contribution is -2.14. The lowest BCUT2D eigenvalue weighted by Gasteiger charge is -2.06. The van der Waals surface area contributed by atoms with Crippen LogP contribution in [-0.2, 0) is 10.0 Å². The highest BCUT2D eigenvalue weighted by molar-refractivity contribution is 7.92. The number of nitrogens with one attached hydrogen (secondary N) is 2. The van der Waals surface area contributed by atoms with Crippen LogP contribution in [0, 0.1) is 11.3 Å². The van der Waals surface area contributed by atoms with Crippen molar-refractivity contribution < 1.29 is 8.42 Å². The van der Waals surface area contributed by atoms with Crippen LogP contribution in [0.4, 0.5) is 11.5 Å². The van der Waals surface area contributed by atoms with Gasteiger partial charge in [-0.15, -0.1) is 0 Å². The zero-order chi connectivity index (χ0) is 13.2. The van der Waals surface area contributed by atoms with Gasteiger partial charge in [0.2, 0.25) is 0 Å². The van der Waals surface area contributed by atoms with Crippen LogP contribution >= 0.6 is 0 Å². The highest BCUT2D eigenvalue weighted by Crippen LogP contribution is 2.18. The van der Waals surface area contributed by atoms with Crippen molar-refractivity contribution in [1.82, 2.24) is 10.2 Å². The summed E-state index contributed by atoms with van der Waals surface area (Å²) in [4.78, 5) is 0.0375. The first-order valence-corrected chi connectivity index (χ1v) is 6.33. The molecule has 0 aliphatic carbocycles. The van der Waals surface area contributed by atoms with Crippen LogP contribution in [0.15, 0.2) is 35.4 Å². The van der Waals surface area contributed by atoms with Gasteiger partial charge in [-0.05, 0) is 24.3 Å². The first kappa shape index (κ1) is 11.9. The third-order valence-corrected chi connectivity index (χ3v) is 3.56. The maximum atomic E-state index is 12.0. The number of hydrogen-bond donors (Lipinski definition) is 3. The molecule has 0 radical (unpaired) electrons. The van der Waals surface area contributed by atoms with Crippen molar-refractivity contribution in [3.8, 4) is 6.07 Å². The fraction of sp³-hybridized carbons (Fsp3) is 0. The number of H-pyrrole nitrogens is 1. The van der Waals surface area contributed by atoms with Gasteiger partial charge in [0.05, 0.1) is 28.4 Å². The summed E-state index contributed by atoms with van der Waals surface area (Å²) in [5.74, 6) is 0.111. The van der Waals surface area contributed by atoms with Crippen molar-refractivity contribution in [2.75, 3.05) is 10.5 Å². The van der Waals surface area contributed by atoms with Crippen molar-refractivity contribution in [2.24, 2.45) is 0 Å². The summed E-state index contributed by atoms with van der Waals surface area (Å²) >= 11 is 0. The molecule has 0 aliphatic rings. The third kappa shape index (κ3) is 2.26. The number of nitrogens with zero attached hydrogens (tertiary/aromatic N) is 2. The quantitative estimate of drug-likeness (QED) is 0.750. The summed E-state index contributed by atoms with van der Waals surface area (Å²) in [6, 6.07) is 7.43. The fourth-order valence-corrected chi connectivity index (χ4v) is 2.32. The second-order valence-corrected chi connectivity index (χ2v) is 5.12. The van der Waals surface area contributed by atoms with E-state index in [9.17, 15) is 8.42 Å². The number of rotatable bonds is 3. The Morgan fingerprint density at radius 2 is 2.00 bits per heavy atom.